The van der Waals surface area contributed by atoms with Crippen LogP contribution in [0.15, 0.2) is 66.7 Å². The number of rotatable bonds is 8. The quantitative estimate of drug-likeness (QED) is 0.191. The van der Waals surface area contributed by atoms with Gasteiger partial charge in [0.15, 0.2) is 0 Å². The number of fused-ring (bicyclic) bond motifs is 1. The summed E-state index contributed by atoms with van der Waals surface area (Å²) in [4.78, 5) is 20.8. The second kappa shape index (κ2) is 11.9. The first-order chi connectivity index (χ1) is 21.5. The standard InChI is InChI=1S/C34H27ClF2N4O4/c1-34(2)18-44-17-30(34)41-29-12-21(33(42)43)7-9-28(29)39-31(41)13-22-11-26(37)23(14-25(22)36)27-10-8-24(35)32(40-27)45-16-20-5-3-19(15-38)4-6-20/h3-12,14,30H,13,16-18H2,1-2H3,(H,42,43). The number of aromatic nitrogens is 3. The fourth-order valence-electron chi connectivity index (χ4n) is 5.52. The number of hydrogen-bond acceptors (Lipinski definition) is 6. The molecule has 1 aliphatic rings. The first-order valence-electron chi connectivity index (χ1n) is 14.1. The van der Waals surface area contributed by atoms with Crippen molar-refractivity contribution in [2.45, 2.75) is 32.9 Å². The number of carbonyl (C=O) groups is 1. The Morgan fingerprint density at radius 1 is 1.11 bits per heavy atom. The summed E-state index contributed by atoms with van der Waals surface area (Å²) < 4.78 is 44.7. The fourth-order valence-corrected chi connectivity index (χ4v) is 5.68. The molecule has 1 aliphatic heterocycles. The lowest BCUT2D eigenvalue weighted by Gasteiger charge is -2.28. The molecule has 0 aliphatic carbocycles. The van der Waals surface area contributed by atoms with Gasteiger partial charge in [0.25, 0.3) is 0 Å². The van der Waals surface area contributed by atoms with Gasteiger partial charge in [-0.25, -0.2) is 23.5 Å². The van der Waals surface area contributed by atoms with E-state index in [0.29, 0.717) is 35.6 Å². The molecule has 5 aromatic rings. The van der Waals surface area contributed by atoms with Gasteiger partial charge in [0.05, 0.1) is 53.2 Å². The van der Waals surface area contributed by atoms with Crippen LogP contribution in [0.2, 0.25) is 5.02 Å². The topological polar surface area (TPSA) is 110 Å². The van der Waals surface area contributed by atoms with E-state index < -0.39 is 17.6 Å². The SMILES string of the molecule is CC1(C)COCC1n1c(Cc2cc(F)c(-c3ccc(Cl)c(OCc4ccc(C#N)cc4)n3)cc2F)nc2ccc(C(=O)O)cc21. The molecule has 0 spiro atoms. The number of carboxylic acids is 1. The Kier molecular flexibility index (Phi) is 7.99. The van der Waals surface area contributed by atoms with Crippen LogP contribution in [0, 0.1) is 28.4 Å². The minimum Gasteiger partial charge on any atom is -0.478 e. The zero-order chi connectivity index (χ0) is 31.9. The third-order valence-electron chi connectivity index (χ3n) is 8.01. The molecule has 0 bridgehead atoms. The van der Waals surface area contributed by atoms with Crippen LogP contribution in [0.4, 0.5) is 8.78 Å². The first kappa shape index (κ1) is 30.2. The summed E-state index contributed by atoms with van der Waals surface area (Å²) in [5, 5.41) is 18.8. The van der Waals surface area contributed by atoms with Gasteiger partial charge in [-0.1, -0.05) is 37.6 Å². The molecular formula is C34H27ClF2N4O4. The minimum absolute atomic E-state index is 0.0420. The van der Waals surface area contributed by atoms with Crippen LogP contribution in [-0.4, -0.2) is 38.8 Å². The molecular weight excluding hydrogens is 602 g/mol. The lowest BCUT2D eigenvalue weighted by molar-refractivity contribution is 0.0697. The van der Waals surface area contributed by atoms with E-state index in [1.54, 1.807) is 36.4 Å². The normalized spacial score (nSPS) is 15.7. The molecule has 6 rings (SSSR count). The molecule has 1 fully saturated rings. The summed E-state index contributed by atoms with van der Waals surface area (Å²) in [5.74, 6) is -1.91. The van der Waals surface area contributed by atoms with Crippen LogP contribution in [0.5, 0.6) is 5.88 Å². The molecule has 228 valence electrons. The maximum atomic E-state index is 15.7. The smallest absolute Gasteiger partial charge is 0.335 e. The highest BCUT2D eigenvalue weighted by Crippen LogP contribution is 2.41. The summed E-state index contributed by atoms with van der Waals surface area (Å²) in [5.41, 5.74) is 2.36. The first-order valence-corrected chi connectivity index (χ1v) is 14.5. The number of pyridine rings is 1. The number of imidazole rings is 1. The Bertz CT molecular complexity index is 1990. The van der Waals surface area contributed by atoms with Crippen molar-refractivity contribution < 1.29 is 28.2 Å². The number of carboxylic acid groups (broad SMARTS) is 1. The number of benzene rings is 3. The number of nitrogens with zero attached hydrogens (tertiary/aromatic N) is 4. The van der Waals surface area contributed by atoms with E-state index in [1.165, 1.54) is 18.2 Å². The van der Waals surface area contributed by atoms with Gasteiger partial charge in [0.1, 0.15) is 29.1 Å². The van der Waals surface area contributed by atoms with Gasteiger partial charge in [-0.3, -0.25) is 0 Å². The molecule has 0 radical (unpaired) electrons. The summed E-state index contributed by atoms with van der Waals surface area (Å²) >= 11 is 6.28. The molecule has 8 nitrogen and oxygen atoms in total. The van der Waals surface area contributed by atoms with Crippen molar-refractivity contribution in [3.8, 4) is 23.2 Å². The van der Waals surface area contributed by atoms with Gasteiger partial charge < -0.3 is 19.1 Å². The van der Waals surface area contributed by atoms with Crippen LogP contribution in [0.25, 0.3) is 22.3 Å². The summed E-state index contributed by atoms with van der Waals surface area (Å²) in [6, 6.07) is 18.5. The van der Waals surface area contributed by atoms with E-state index in [4.69, 9.17) is 31.3 Å². The Labute approximate surface area is 262 Å². The van der Waals surface area contributed by atoms with Crippen LogP contribution < -0.4 is 4.74 Å². The molecule has 1 N–H and O–H groups in total. The molecule has 3 aromatic carbocycles. The van der Waals surface area contributed by atoms with Gasteiger partial charge >= 0.3 is 5.97 Å². The predicted octanol–water partition coefficient (Wildman–Crippen LogP) is 7.37. The average molecular weight is 629 g/mol. The van der Waals surface area contributed by atoms with Crippen LogP contribution in [0.3, 0.4) is 0 Å². The highest BCUT2D eigenvalue weighted by atomic mass is 35.5. The number of aromatic carboxylic acids is 1. The monoisotopic (exact) mass is 628 g/mol. The number of ether oxygens (including phenoxy) is 2. The molecule has 45 heavy (non-hydrogen) atoms. The van der Waals surface area contributed by atoms with E-state index in [0.717, 1.165) is 17.7 Å². The molecule has 2 aromatic heterocycles. The number of halogens is 3. The Hall–Kier alpha value is -4.85. The van der Waals surface area contributed by atoms with Crippen LogP contribution in [-0.2, 0) is 17.8 Å². The van der Waals surface area contributed by atoms with Gasteiger partial charge in [-0.2, -0.15) is 5.26 Å². The number of hydrogen-bond donors (Lipinski definition) is 1. The Balaban J connectivity index is 1.32. The second-order valence-corrected chi connectivity index (χ2v) is 12.0. The summed E-state index contributed by atoms with van der Waals surface area (Å²) in [7, 11) is 0. The van der Waals surface area contributed by atoms with Crippen molar-refractivity contribution in [1.29, 1.82) is 5.26 Å². The maximum absolute atomic E-state index is 15.7. The lowest BCUT2D eigenvalue weighted by Crippen LogP contribution is -2.27. The zero-order valence-corrected chi connectivity index (χ0v) is 25.1. The van der Waals surface area contributed by atoms with Crippen molar-refractivity contribution in [2.75, 3.05) is 13.2 Å². The summed E-state index contributed by atoms with van der Waals surface area (Å²) in [6.45, 7) is 5.04. The summed E-state index contributed by atoms with van der Waals surface area (Å²) in [6.07, 6.45) is -0.0420. The second-order valence-electron chi connectivity index (χ2n) is 11.6. The molecule has 1 saturated heterocycles. The van der Waals surface area contributed by atoms with Gasteiger partial charge in [0.2, 0.25) is 5.88 Å². The van der Waals surface area contributed by atoms with Crippen molar-refractivity contribution in [3.63, 3.8) is 0 Å². The molecule has 3 heterocycles. The van der Waals surface area contributed by atoms with Gasteiger partial charge in [-0.05, 0) is 65.7 Å². The van der Waals surface area contributed by atoms with Crippen molar-refractivity contribution >= 4 is 28.6 Å². The molecule has 0 saturated carbocycles. The van der Waals surface area contributed by atoms with Crippen molar-refractivity contribution in [3.05, 3.63) is 111 Å². The zero-order valence-electron chi connectivity index (χ0n) is 24.4. The van der Waals surface area contributed by atoms with Crippen molar-refractivity contribution in [1.82, 2.24) is 14.5 Å². The Morgan fingerprint density at radius 2 is 1.89 bits per heavy atom. The highest BCUT2D eigenvalue weighted by molar-refractivity contribution is 6.31. The van der Waals surface area contributed by atoms with E-state index in [1.807, 2.05) is 18.4 Å². The molecule has 1 unspecified atom stereocenters. The molecule has 11 heteroatoms. The Morgan fingerprint density at radius 3 is 2.58 bits per heavy atom. The van der Waals surface area contributed by atoms with Gasteiger partial charge in [0, 0.05) is 17.4 Å². The minimum atomic E-state index is -1.07. The van der Waals surface area contributed by atoms with Crippen molar-refractivity contribution in [2.24, 2.45) is 5.41 Å². The van der Waals surface area contributed by atoms with E-state index in [-0.39, 0.29) is 57.8 Å². The third-order valence-corrected chi connectivity index (χ3v) is 8.29. The van der Waals surface area contributed by atoms with E-state index in [9.17, 15) is 9.90 Å². The lowest BCUT2D eigenvalue weighted by atomic mass is 9.87. The van der Waals surface area contributed by atoms with Crippen LogP contribution in [0.1, 0.15) is 52.8 Å². The van der Waals surface area contributed by atoms with Gasteiger partial charge in [-0.15, -0.1) is 0 Å². The van der Waals surface area contributed by atoms with E-state index >= 15 is 8.78 Å². The van der Waals surface area contributed by atoms with E-state index in [2.05, 4.69) is 11.1 Å². The molecule has 0 amide bonds. The average Bonchev–Trinajstić information content (AvgIpc) is 3.55. The molecule has 1 atom stereocenters. The predicted molar refractivity (Wildman–Crippen MR) is 163 cm³/mol. The fraction of sp³-hybridized carbons (Fsp3) is 0.235. The third kappa shape index (κ3) is 5.97. The largest absolute Gasteiger partial charge is 0.478 e. The van der Waals surface area contributed by atoms with Crippen LogP contribution >= 0.6 is 11.6 Å². The highest BCUT2D eigenvalue weighted by Gasteiger charge is 2.39. The number of nitriles is 1. The maximum Gasteiger partial charge on any atom is 0.335 e.